The third kappa shape index (κ3) is 4.77. The number of thioether (sulfide) groups is 1. The fourth-order valence-electron chi connectivity index (χ4n) is 4.00. The Morgan fingerprint density at radius 3 is 2.45 bits per heavy atom. The Morgan fingerprint density at radius 1 is 0.939 bits per heavy atom. The first kappa shape index (κ1) is 21.6. The molecule has 2 aliphatic heterocycles. The van der Waals surface area contributed by atoms with Crippen LogP contribution in [0, 0.1) is 0 Å². The van der Waals surface area contributed by atoms with Gasteiger partial charge in [0.25, 0.3) is 11.8 Å². The van der Waals surface area contributed by atoms with Crippen LogP contribution in [0.5, 0.6) is 0 Å². The third-order valence-corrected chi connectivity index (χ3v) is 7.11. The molecule has 0 bridgehead atoms. The summed E-state index contributed by atoms with van der Waals surface area (Å²) in [6.45, 7) is 2.86. The van der Waals surface area contributed by atoms with E-state index in [0.717, 1.165) is 39.9 Å². The molecule has 33 heavy (non-hydrogen) atoms. The summed E-state index contributed by atoms with van der Waals surface area (Å²) >= 11 is 7.56. The molecule has 166 valence electrons. The number of hydrogen-bond acceptors (Lipinski definition) is 4. The van der Waals surface area contributed by atoms with E-state index in [9.17, 15) is 9.59 Å². The molecule has 5 nitrogen and oxygen atoms in total. The van der Waals surface area contributed by atoms with Gasteiger partial charge >= 0.3 is 0 Å². The van der Waals surface area contributed by atoms with Crippen molar-refractivity contribution in [2.75, 3.05) is 36.4 Å². The van der Waals surface area contributed by atoms with Gasteiger partial charge < -0.3 is 15.1 Å². The number of anilines is 2. The van der Waals surface area contributed by atoms with E-state index < -0.39 is 0 Å². The number of halogens is 1. The average molecular weight is 476 g/mol. The summed E-state index contributed by atoms with van der Waals surface area (Å²) in [6.07, 6.45) is 1.86. The third-order valence-electron chi connectivity index (χ3n) is 5.77. The van der Waals surface area contributed by atoms with Gasteiger partial charge in [-0.05, 0) is 54.1 Å². The van der Waals surface area contributed by atoms with Gasteiger partial charge in [-0.15, -0.1) is 0 Å². The van der Waals surface area contributed by atoms with Crippen LogP contribution < -0.4 is 10.2 Å². The van der Waals surface area contributed by atoms with E-state index in [2.05, 4.69) is 10.2 Å². The van der Waals surface area contributed by atoms with Crippen molar-refractivity contribution in [3.8, 4) is 0 Å². The molecule has 3 aromatic carbocycles. The maximum atomic E-state index is 13.0. The van der Waals surface area contributed by atoms with Crippen molar-refractivity contribution in [3.05, 3.63) is 93.9 Å². The molecule has 2 amide bonds. The van der Waals surface area contributed by atoms with Crippen molar-refractivity contribution in [2.24, 2.45) is 0 Å². The largest absolute Gasteiger partial charge is 0.368 e. The summed E-state index contributed by atoms with van der Waals surface area (Å²) in [6, 6.07) is 23.0. The van der Waals surface area contributed by atoms with E-state index in [0.29, 0.717) is 23.6 Å². The lowest BCUT2D eigenvalue weighted by Crippen LogP contribution is -2.48. The molecule has 1 saturated heterocycles. The van der Waals surface area contributed by atoms with Crippen molar-refractivity contribution >= 4 is 52.6 Å². The number of rotatable bonds is 3. The van der Waals surface area contributed by atoms with Gasteiger partial charge in [0.2, 0.25) is 0 Å². The molecule has 3 aromatic rings. The van der Waals surface area contributed by atoms with Crippen LogP contribution in [-0.4, -0.2) is 42.9 Å². The summed E-state index contributed by atoms with van der Waals surface area (Å²) in [5.74, 6) is -0.0879. The number of piperazine rings is 1. The van der Waals surface area contributed by atoms with E-state index in [1.165, 1.54) is 11.8 Å². The van der Waals surface area contributed by atoms with Gasteiger partial charge in [0.05, 0.1) is 10.6 Å². The van der Waals surface area contributed by atoms with Crippen molar-refractivity contribution in [1.29, 1.82) is 0 Å². The molecule has 0 atom stereocenters. The zero-order chi connectivity index (χ0) is 22.8. The number of carbonyl (C=O) groups excluding carboxylic acids is 2. The molecule has 1 fully saturated rings. The summed E-state index contributed by atoms with van der Waals surface area (Å²) in [5.41, 5.74) is 3.45. The molecule has 0 spiro atoms. The second-order valence-electron chi connectivity index (χ2n) is 7.94. The van der Waals surface area contributed by atoms with E-state index in [1.54, 1.807) is 0 Å². The fraction of sp³-hybridized carbons (Fsp3) is 0.154. The van der Waals surface area contributed by atoms with Crippen LogP contribution in [0.3, 0.4) is 0 Å². The lowest BCUT2D eigenvalue weighted by atomic mass is 10.1. The molecular weight excluding hydrogens is 454 g/mol. The highest BCUT2D eigenvalue weighted by Crippen LogP contribution is 2.38. The number of amides is 2. The molecule has 2 aliphatic rings. The zero-order valence-corrected chi connectivity index (χ0v) is 19.4. The Balaban J connectivity index is 1.23. The predicted molar refractivity (Wildman–Crippen MR) is 135 cm³/mol. The standard InChI is InChI=1S/C26H22ClN3O2S/c27-20-4-3-5-21(17-20)29-12-14-30(15-13-29)26(32)19-10-8-18(9-11-19)16-24-25(31)28-22-6-1-2-7-23(22)33-24/h1-11,16-17H,12-15H2,(H,28,31). The van der Waals surface area contributed by atoms with Gasteiger partial charge in [-0.2, -0.15) is 0 Å². The molecule has 1 N–H and O–H groups in total. The normalized spacial score (nSPS) is 17.0. The van der Waals surface area contributed by atoms with Gasteiger partial charge in [-0.25, -0.2) is 0 Å². The second kappa shape index (κ2) is 9.33. The quantitative estimate of drug-likeness (QED) is 0.516. The minimum atomic E-state index is -0.114. The van der Waals surface area contributed by atoms with Crippen LogP contribution in [0.15, 0.2) is 82.6 Å². The molecule has 7 heteroatoms. The van der Waals surface area contributed by atoms with Gasteiger partial charge in [-0.3, -0.25) is 9.59 Å². The van der Waals surface area contributed by atoms with Crippen LogP contribution in [0.4, 0.5) is 11.4 Å². The molecule has 0 radical (unpaired) electrons. The summed E-state index contributed by atoms with van der Waals surface area (Å²) in [5, 5.41) is 3.64. The second-order valence-corrected chi connectivity index (χ2v) is 9.46. The number of nitrogens with zero attached hydrogens (tertiary/aromatic N) is 2. The lowest BCUT2D eigenvalue weighted by Gasteiger charge is -2.36. The summed E-state index contributed by atoms with van der Waals surface area (Å²) < 4.78 is 0. The van der Waals surface area contributed by atoms with Gasteiger partial charge in [0, 0.05) is 47.3 Å². The number of carbonyl (C=O) groups is 2. The van der Waals surface area contributed by atoms with E-state index in [4.69, 9.17) is 11.6 Å². The maximum absolute atomic E-state index is 13.0. The highest BCUT2D eigenvalue weighted by molar-refractivity contribution is 8.04. The molecule has 0 aliphatic carbocycles. The highest BCUT2D eigenvalue weighted by atomic mass is 35.5. The van der Waals surface area contributed by atoms with Crippen molar-refractivity contribution in [2.45, 2.75) is 4.90 Å². The molecule has 5 rings (SSSR count). The molecule has 0 aromatic heterocycles. The number of para-hydroxylation sites is 1. The van der Waals surface area contributed by atoms with Crippen LogP contribution >= 0.6 is 23.4 Å². The first-order valence-electron chi connectivity index (χ1n) is 10.8. The Morgan fingerprint density at radius 2 is 1.70 bits per heavy atom. The Hall–Kier alpha value is -3.22. The van der Waals surface area contributed by atoms with Crippen LogP contribution in [0.25, 0.3) is 6.08 Å². The monoisotopic (exact) mass is 475 g/mol. The Bertz CT molecular complexity index is 1230. The number of fused-ring (bicyclic) bond motifs is 1. The smallest absolute Gasteiger partial charge is 0.262 e. The Labute approximate surface area is 202 Å². The van der Waals surface area contributed by atoms with Crippen LogP contribution in [0.2, 0.25) is 5.02 Å². The van der Waals surface area contributed by atoms with E-state index in [1.807, 2.05) is 83.8 Å². The Kier molecular flexibility index (Phi) is 6.11. The highest BCUT2D eigenvalue weighted by Gasteiger charge is 2.23. The molecule has 0 unspecified atom stereocenters. The van der Waals surface area contributed by atoms with Crippen molar-refractivity contribution in [3.63, 3.8) is 0 Å². The lowest BCUT2D eigenvalue weighted by molar-refractivity contribution is -0.112. The molecular formula is C26H22ClN3O2S. The zero-order valence-electron chi connectivity index (χ0n) is 17.8. The first-order valence-corrected chi connectivity index (χ1v) is 12.0. The number of benzene rings is 3. The SMILES string of the molecule is O=C1Nc2ccccc2SC1=Cc1ccc(C(=O)N2CCN(c3cccc(Cl)c3)CC2)cc1. The van der Waals surface area contributed by atoms with Gasteiger partial charge in [-0.1, -0.05) is 53.7 Å². The van der Waals surface area contributed by atoms with Crippen molar-refractivity contribution < 1.29 is 9.59 Å². The van der Waals surface area contributed by atoms with E-state index in [-0.39, 0.29) is 11.8 Å². The average Bonchev–Trinajstić information content (AvgIpc) is 2.85. The first-order chi connectivity index (χ1) is 16.1. The minimum Gasteiger partial charge on any atom is -0.368 e. The topological polar surface area (TPSA) is 52.7 Å². The van der Waals surface area contributed by atoms with Gasteiger partial charge in [0.15, 0.2) is 0 Å². The van der Waals surface area contributed by atoms with Gasteiger partial charge in [0.1, 0.15) is 0 Å². The van der Waals surface area contributed by atoms with Crippen LogP contribution in [0.1, 0.15) is 15.9 Å². The van der Waals surface area contributed by atoms with Crippen molar-refractivity contribution in [1.82, 2.24) is 4.90 Å². The number of nitrogens with one attached hydrogen (secondary N) is 1. The van der Waals surface area contributed by atoms with Crippen LogP contribution in [-0.2, 0) is 4.79 Å². The number of hydrogen-bond donors (Lipinski definition) is 1. The summed E-state index contributed by atoms with van der Waals surface area (Å²) in [4.78, 5) is 31.2. The van der Waals surface area contributed by atoms with E-state index >= 15 is 0 Å². The molecule has 0 saturated carbocycles. The molecule has 2 heterocycles. The fourth-order valence-corrected chi connectivity index (χ4v) is 5.13. The summed E-state index contributed by atoms with van der Waals surface area (Å²) in [7, 11) is 0. The minimum absolute atomic E-state index is 0.0265. The maximum Gasteiger partial charge on any atom is 0.262 e. The predicted octanol–water partition coefficient (Wildman–Crippen LogP) is 5.39.